The van der Waals surface area contributed by atoms with Gasteiger partial charge in [0.05, 0.1) is 13.4 Å². The van der Waals surface area contributed by atoms with E-state index in [1.54, 1.807) is 37.8 Å². The molecule has 0 aliphatic carbocycles. The Balaban J connectivity index is 0.00000324. The lowest BCUT2D eigenvalue weighted by Gasteiger charge is -2.17. The first-order valence-corrected chi connectivity index (χ1v) is 11.7. The summed E-state index contributed by atoms with van der Waals surface area (Å²) in [6.45, 7) is 0.711. The Labute approximate surface area is 203 Å². The molecule has 4 rings (SSSR count). The molecule has 0 aliphatic rings. The molecule has 3 aromatic carbocycles. The number of hydrogen-bond donors (Lipinski definition) is 2. The Bertz CT molecular complexity index is 1280. The number of carboxylic acid groups (broad SMARTS) is 1. The van der Waals surface area contributed by atoms with Gasteiger partial charge in [-0.1, -0.05) is 25.6 Å². The highest BCUT2D eigenvalue weighted by Gasteiger charge is 2.23. The smallest absolute Gasteiger partial charge is 0.321 e. The third-order valence-electron chi connectivity index (χ3n) is 5.44. The van der Waals surface area contributed by atoms with Crippen LogP contribution in [-0.2, 0) is 17.9 Å². The second-order valence-corrected chi connectivity index (χ2v) is 8.48. The molecule has 1 unspecified atom stereocenters. The van der Waals surface area contributed by atoms with Crippen LogP contribution in [0.3, 0.4) is 0 Å². The van der Waals surface area contributed by atoms with Crippen LogP contribution in [0.25, 0.3) is 22.1 Å². The fourth-order valence-corrected chi connectivity index (χ4v) is 4.46. The summed E-state index contributed by atoms with van der Waals surface area (Å²) in [5.41, 5.74) is 11.1. The zero-order valence-electron chi connectivity index (χ0n) is 18.4. The largest absolute Gasteiger partial charge is 0.497 e. The number of hydrogen-bond acceptors (Lipinski definition) is 6. The van der Waals surface area contributed by atoms with Crippen molar-refractivity contribution >= 4 is 28.7 Å². The Morgan fingerprint density at radius 1 is 1.12 bits per heavy atom. The van der Waals surface area contributed by atoms with Crippen LogP contribution >= 0.6 is 11.8 Å². The number of thioether (sulfide) groups is 1. The predicted octanol–water partition coefficient (Wildman–Crippen LogP) is 6.27. The molecule has 178 valence electrons. The van der Waals surface area contributed by atoms with Crippen LogP contribution < -0.4 is 15.2 Å². The highest BCUT2D eigenvalue weighted by molar-refractivity contribution is 7.99. The van der Waals surface area contributed by atoms with Crippen molar-refractivity contribution in [2.45, 2.75) is 25.8 Å². The van der Waals surface area contributed by atoms with Gasteiger partial charge in [-0.25, -0.2) is 0 Å². The number of fused-ring (bicyclic) bond motifs is 1. The summed E-state index contributed by atoms with van der Waals surface area (Å²) in [5, 5.41) is 9.86. The average molecular weight is 480 g/mol. The molecule has 7 heteroatoms. The van der Waals surface area contributed by atoms with Crippen molar-refractivity contribution in [2.75, 3.05) is 13.4 Å². The first-order valence-electron chi connectivity index (χ1n) is 10.4. The molecule has 0 amide bonds. The maximum Gasteiger partial charge on any atom is 0.321 e. The summed E-state index contributed by atoms with van der Waals surface area (Å²) in [6, 6.07) is 19.2. The number of furan rings is 1. The molecule has 0 saturated heterocycles. The standard InChI is InChI=1S/C26H25NO5S.CH4/c1-30-20-6-7-21(25(33-2)26(28)29)23(13-20)32-15-17-11-19-8-9-31-24(19)22(12-17)18-5-3-4-16(10-18)14-27;/h3-13,25H,14-15,27H2,1-2H3,(H,28,29);1H4. The molecule has 1 heterocycles. The first kappa shape index (κ1) is 25.2. The average Bonchev–Trinajstić information content (AvgIpc) is 3.31. The van der Waals surface area contributed by atoms with E-state index in [0.29, 0.717) is 23.6 Å². The quantitative estimate of drug-likeness (QED) is 0.292. The van der Waals surface area contributed by atoms with Crippen molar-refractivity contribution in [2.24, 2.45) is 5.73 Å². The second kappa shape index (κ2) is 11.1. The molecule has 0 spiro atoms. The van der Waals surface area contributed by atoms with Gasteiger partial charge in [0, 0.05) is 29.1 Å². The molecule has 4 aromatic rings. The molecule has 0 aliphatic heterocycles. The number of methoxy groups -OCH3 is 1. The Morgan fingerprint density at radius 2 is 1.94 bits per heavy atom. The molecular formula is C27H29NO5S. The number of rotatable bonds is 9. The lowest BCUT2D eigenvalue weighted by atomic mass is 9.99. The normalized spacial score (nSPS) is 11.6. The van der Waals surface area contributed by atoms with E-state index >= 15 is 0 Å². The SMILES string of the molecule is C.COc1ccc(C(SC)C(=O)O)c(OCc2cc(-c3cccc(CN)c3)c3occc3c2)c1. The summed E-state index contributed by atoms with van der Waals surface area (Å²) in [4.78, 5) is 11.8. The van der Waals surface area contributed by atoms with E-state index in [4.69, 9.17) is 19.6 Å². The van der Waals surface area contributed by atoms with Crippen molar-refractivity contribution in [1.82, 2.24) is 0 Å². The van der Waals surface area contributed by atoms with Crippen molar-refractivity contribution in [3.63, 3.8) is 0 Å². The molecule has 1 atom stereocenters. The van der Waals surface area contributed by atoms with Gasteiger partial charge in [-0.15, -0.1) is 11.8 Å². The minimum atomic E-state index is -0.917. The summed E-state index contributed by atoms with van der Waals surface area (Å²) in [7, 11) is 1.57. The molecule has 3 N–H and O–H groups in total. The van der Waals surface area contributed by atoms with Crippen LogP contribution in [0.5, 0.6) is 11.5 Å². The lowest BCUT2D eigenvalue weighted by Crippen LogP contribution is -2.10. The van der Waals surface area contributed by atoms with E-state index in [2.05, 4.69) is 6.07 Å². The number of aliphatic carboxylic acids is 1. The molecular weight excluding hydrogens is 450 g/mol. The van der Waals surface area contributed by atoms with Crippen LogP contribution in [0.2, 0.25) is 0 Å². The van der Waals surface area contributed by atoms with Crippen LogP contribution in [0.15, 0.2) is 71.3 Å². The second-order valence-electron chi connectivity index (χ2n) is 7.53. The Hall–Kier alpha value is -3.42. The van der Waals surface area contributed by atoms with E-state index in [-0.39, 0.29) is 14.0 Å². The van der Waals surface area contributed by atoms with Crippen LogP contribution in [0, 0.1) is 0 Å². The molecule has 1 aromatic heterocycles. The summed E-state index contributed by atoms with van der Waals surface area (Å²) < 4.78 is 17.2. The number of carbonyl (C=O) groups is 1. The maximum atomic E-state index is 11.8. The number of nitrogens with two attached hydrogens (primary N) is 1. The molecule has 0 fully saturated rings. The van der Waals surface area contributed by atoms with Gasteiger partial charge in [-0.2, -0.15) is 0 Å². The Morgan fingerprint density at radius 3 is 2.65 bits per heavy atom. The van der Waals surface area contributed by atoms with Gasteiger partial charge < -0.3 is 24.7 Å². The van der Waals surface area contributed by atoms with Gasteiger partial charge in [-0.05, 0) is 59.3 Å². The monoisotopic (exact) mass is 479 g/mol. The van der Waals surface area contributed by atoms with E-state index < -0.39 is 11.2 Å². The molecule has 0 radical (unpaired) electrons. The van der Waals surface area contributed by atoms with Gasteiger partial charge in [-0.3, -0.25) is 4.79 Å². The van der Waals surface area contributed by atoms with Crippen LogP contribution in [-0.4, -0.2) is 24.4 Å². The van der Waals surface area contributed by atoms with Gasteiger partial charge >= 0.3 is 5.97 Å². The zero-order valence-corrected chi connectivity index (χ0v) is 19.2. The third-order valence-corrected chi connectivity index (χ3v) is 6.37. The first-order chi connectivity index (χ1) is 16.0. The van der Waals surface area contributed by atoms with Gasteiger partial charge in [0.2, 0.25) is 0 Å². The zero-order chi connectivity index (χ0) is 23.4. The summed E-state index contributed by atoms with van der Waals surface area (Å²) >= 11 is 1.24. The number of benzene rings is 3. The predicted molar refractivity (Wildman–Crippen MR) is 137 cm³/mol. The van der Waals surface area contributed by atoms with E-state index in [0.717, 1.165) is 33.2 Å². The van der Waals surface area contributed by atoms with Crippen LogP contribution in [0.4, 0.5) is 0 Å². The van der Waals surface area contributed by atoms with Crippen LogP contribution in [0.1, 0.15) is 29.4 Å². The fourth-order valence-electron chi connectivity index (χ4n) is 3.81. The fraction of sp³-hybridized carbons (Fsp3) is 0.222. The van der Waals surface area contributed by atoms with Gasteiger partial charge in [0.1, 0.15) is 28.9 Å². The third kappa shape index (κ3) is 5.21. The molecule has 34 heavy (non-hydrogen) atoms. The number of ether oxygens (including phenoxy) is 2. The van der Waals surface area contributed by atoms with E-state index in [1.807, 2.05) is 36.4 Å². The van der Waals surface area contributed by atoms with E-state index in [1.165, 1.54) is 11.8 Å². The molecule has 6 nitrogen and oxygen atoms in total. The lowest BCUT2D eigenvalue weighted by molar-refractivity contribution is -0.136. The topological polar surface area (TPSA) is 94.9 Å². The molecule has 0 bridgehead atoms. The van der Waals surface area contributed by atoms with E-state index in [9.17, 15) is 9.90 Å². The number of carboxylic acids is 1. The summed E-state index contributed by atoms with van der Waals surface area (Å²) in [6.07, 6.45) is 3.43. The highest BCUT2D eigenvalue weighted by Crippen LogP contribution is 2.37. The van der Waals surface area contributed by atoms with Crippen molar-refractivity contribution in [3.8, 4) is 22.6 Å². The molecule has 0 saturated carbocycles. The van der Waals surface area contributed by atoms with Crippen molar-refractivity contribution in [1.29, 1.82) is 0 Å². The van der Waals surface area contributed by atoms with Gasteiger partial charge in [0.25, 0.3) is 0 Å². The maximum absolute atomic E-state index is 11.8. The highest BCUT2D eigenvalue weighted by atomic mass is 32.2. The van der Waals surface area contributed by atoms with Crippen molar-refractivity contribution in [3.05, 3.63) is 83.6 Å². The minimum Gasteiger partial charge on any atom is -0.497 e. The van der Waals surface area contributed by atoms with Gasteiger partial charge in [0.15, 0.2) is 0 Å². The summed E-state index contributed by atoms with van der Waals surface area (Å²) in [5.74, 6) is 0.165. The minimum absolute atomic E-state index is 0. The Kier molecular flexibility index (Phi) is 8.26. The van der Waals surface area contributed by atoms with Crippen molar-refractivity contribution < 1.29 is 23.8 Å².